The summed E-state index contributed by atoms with van der Waals surface area (Å²) in [6, 6.07) is 11.4. The molecule has 0 bridgehead atoms. The van der Waals surface area contributed by atoms with E-state index in [0.29, 0.717) is 5.69 Å². The zero-order chi connectivity index (χ0) is 15.5. The van der Waals surface area contributed by atoms with E-state index in [1.165, 1.54) is 30.3 Å². The van der Waals surface area contributed by atoms with Crippen molar-refractivity contribution in [2.24, 2.45) is 5.73 Å². The van der Waals surface area contributed by atoms with Crippen molar-refractivity contribution in [1.82, 2.24) is 0 Å². The third-order valence-corrected chi connectivity index (χ3v) is 4.51. The molecule has 0 aliphatic carbocycles. The third-order valence-electron chi connectivity index (χ3n) is 3.13. The van der Waals surface area contributed by atoms with Gasteiger partial charge in [-0.15, -0.1) is 0 Å². The fourth-order valence-electron chi connectivity index (χ4n) is 1.88. The molecular weight excluding hydrogens is 291 g/mol. The number of rotatable bonds is 5. The minimum atomic E-state index is -3.72. The van der Waals surface area contributed by atoms with Crippen LogP contribution in [0.3, 0.4) is 0 Å². The van der Waals surface area contributed by atoms with Gasteiger partial charge in [-0.05, 0) is 48.4 Å². The number of nitrogens with two attached hydrogens (primary N) is 1. The molecule has 0 radical (unpaired) electrons. The number of hydrogen-bond acceptors (Lipinski definition) is 3. The second-order valence-electron chi connectivity index (χ2n) is 4.70. The number of sulfonamides is 1. The minimum absolute atomic E-state index is 0.133. The molecule has 3 N–H and O–H groups in total. The lowest BCUT2D eigenvalue weighted by atomic mass is 10.1. The minimum Gasteiger partial charge on any atom is -0.324 e. The van der Waals surface area contributed by atoms with Gasteiger partial charge < -0.3 is 5.73 Å². The van der Waals surface area contributed by atoms with Gasteiger partial charge in [-0.2, -0.15) is 0 Å². The van der Waals surface area contributed by atoms with E-state index in [-0.39, 0.29) is 10.9 Å². The molecule has 0 amide bonds. The number of anilines is 1. The second-order valence-corrected chi connectivity index (χ2v) is 6.38. The molecule has 2 aromatic carbocycles. The van der Waals surface area contributed by atoms with Gasteiger partial charge in [-0.3, -0.25) is 4.72 Å². The Hall–Kier alpha value is -1.92. The van der Waals surface area contributed by atoms with E-state index < -0.39 is 15.8 Å². The largest absolute Gasteiger partial charge is 0.324 e. The van der Waals surface area contributed by atoms with Crippen LogP contribution in [0.2, 0.25) is 0 Å². The Bertz CT molecular complexity index is 715. The maximum absolute atomic E-state index is 12.8. The van der Waals surface area contributed by atoms with Crippen LogP contribution in [0.25, 0.3) is 0 Å². The molecule has 0 aromatic heterocycles. The van der Waals surface area contributed by atoms with Gasteiger partial charge in [0.15, 0.2) is 0 Å². The van der Waals surface area contributed by atoms with E-state index >= 15 is 0 Å². The Labute approximate surface area is 123 Å². The van der Waals surface area contributed by atoms with Gasteiger partial charge in [0.1, 0.15) is 5.82 Å². The molecule has 0 aliphatic heterocycles. The summed E-state index contributed by atoms with van der Waals surface area (Å²) in [5.74, 6) is -0.422. The summed E-state index contributed by atoms with van der Waals surface area (Å²) in [5.41, 5.74) is 6.99. The van der Waals surface area contributed by atoms with Crippen LogP contribution in [0.1, 0.15) is 24.9 Å². The first kappa shape index (κ1) is 15.5. The van der Waals surface area contributed by atoms with Crippen molar-refractivity contribution >= 4 is 15.7 Å². The first-order valence-corrected chi connectivity index (χ1v) is 8.04. The van der Waals surface area contributed by atoms with Crippen molar-refractivity contribution in [3.05, 3.63) is 59.9 Å². The fourth-order valence-corrected chi connectivity index (χ4v) is 2.99. The smallest absolute Gasteiger partial charge is 0.261 e. The van der Waals surface area contributed by atoms with Gasteiger partial charge in [-0.25, -0.2) is 12.8 Å². The van der Waals surface area contributed by atoms with Crippen molar-refractivity contribution < 1.29 is 12.8 Å². The van der Waals surface area contributed by atoms with Crippen molar-refractivity contribution in [2.75, 3.05) is 4.72 Å². The van der Waals surface area contributed by atoms with Gasteiger partial charge in [0.05, 0.1) is 4.90 Å². The van der Waals surface area contributed by atoms with Crippen LogP contribution in [-0.2, 0) is 10.0 Å². The zero-order valence-electron chi connectivity index (χ0n) is 11.6. The Morgan fingerprint density at radius 1 is 1.19 bits per heavy atom. The van der Waals surface area contributed by atoms with Crippen LogP contribution in [0, 0.1) is 5.82 Å². The van der Waals surface area contributed by atoms with Crippen molar-refractivity contribution in [3.63, 3.8) is 0 Å². The first-order chi connectivity index (χ1) is 9.92. The van der Waals surface area contributed by atoms with E-state index in [1.807, 2.05) is 6.92 Å². The predicted molar refractivity (Wildman–Crippen MR) is 80.9 cm³/mol. The SMILES string of the molecule is CCC(N)c1cccc(S(=O)(=O)Nc2ccc(F)cc2)c1. The van der Waals surface area contributed by atoms with Crippen LogP contribution < -0.4 is 10.5 Å². The van der Waals surface area contributed by atoms with Gasteiger partial charge in [0.25, 0.3) is 10.0 Å². The summed E-state index contributed by atoms with van der Waals surface area (Å²) in [7, 11) is -3.72. The molecule has 1 unspecified atom stereocenters. The molecule has 0 heterocycles. The van der Waals surface area contributed by atoms with Crippen molar-refractivity contribution in [2.45, 2.75) is 24.3 Å². The Kier molecular flexibility index (Phi) is 4.59. The monoisotopic (exact) mass is 308 g/mol. The summed E-state index contributed by atoms with van der Waals surface area (Å²) < 4.78 is 39.9. The third kappa shape index (κ3) is 3.80. The average Bonchev–Trinajstić information content (AvgIpc) is 2.49. The van der Waals surface area contributed by atoms with Crippen LogP contribution >= 0.6 is 0 Å². The van der Waals surface area contributed by atoms with E-state index in [2.05, 4.69) is 4.72 Å². The number of benzene rings is 2. The molecule has 2 aromatic rings. The van der Waals surface area contributed by atoms with Gasteiger partial charge in [0, 0.05) is 11.7 Å². The van der Waals surface area contributed by atoms with Crippen molar-refractivity contribution in [3.8, 4) is 0 Å². The second kappa shape index (κ2) is 6.24. The Balaban J connectivity index is 2.29. The lowest BCUT2D eigenvalue weighted by Crippen LogP contribution is -2.14. The Morgan fingerprint density at radius 2 is 1.86 bits per heavy atom. The fraction of sp³-hybridized carbons (Fsp3) is 0.200. The quantitative estimate of drug-likeness (QED) is 0.891. The normalized spacial score (nSPS) is 12.9. The summed E-state index contributed by atoms with van der Waals surface area (Å²) in [5, 5.41) is 0. The zero-order valence-corrected chi connectivity index (χ0v) is 12.4. The summed E-state index contributed by atoms with van der Waals surface area (Å²) in [4.78, 5) is 0.133. The summed E-state index contributed by atoms with van der Waals surface area (Å²) >= 11 is 0. The lowest BCUT2D eigenvalue weighted by Gasteiger charge is -2.12. The van der Waals surface area contributed by atoms with Crippen LogP contribution in [0.15, 0.2) is 53.4 Å². The molecule has 112 valence electrons. The van der Waals surface area contributed by atoms with Gasteiger partial charge in [-0.1, -0.05) is 19.1 Å². The van der Waals surface area contributed by atoms with Crippen LogP contribution in [-0.4, -0.2) is 8.42 Å². The molecule has 4 nitrogen and oxygen atoms in total. The number of hydrogen-bond donors (Lipinski definition) is 2. The summed E-state index contributed by atoms with van der Waals surface area (Å²) in [6.45, 7) is 1.93. The molecule has 2 rings (SSSR count). The molecule has 1 atom stereocenters. The number of halogens is 1. The molecule has 0 fully saturated rings. The highest BCUT2D eigenvalue weighted by atomic mass is 32.2. The summed E-state index contributed by atoms with van der Waals surface area (Å²) in [6.07, 6.45) is 0.717. The van der Waals surface area contributed by atoms with E-state index in [1.54, 1.807) is 18.2 Å². The van der Waals surface area contributed by atoms with Gasteiger partial charge >= 0.3 is 0 Å². The highest BCUT2D eigenvalue weighted by molar-refractivity contribution is 7.92. The van der Waals surface area contributed by atoms with Crippen molar-refractivity contribution in [1.29, 1.82) is 0 Å². The molecule has 0 spiro atoms. The first-order valence-electron chi connectivity index (χ1n) is 6.56. The van der Waals surface area contributed by atoms with E-state index in [0.717, 1.165) is 12.0 Å². The maximum atomic E-state index is 12.8. The molecular formula is C15H17FN2O2S. The topological polar surface area (TPSA) is 72.2 Å². The molecule has 0 saturated heterocycles. The highest BCUT2D eigenvalue weighted by Crippen LogP contribution is 2.20. The predicted octanol–water partition coefficient (Wildman–Crippen LogP) is 3.04. The lowest BCUT2D eigenvalue weighted by molar-refractivity contribution is 0.600. The molecule has 0 saturated carbocycles. The van der Waals surface area contributed by atoms with Crippen LogP contribution in [0.4, 0.5) is 10.1 Å². The van der Waals surface area contributed by atoms with Crippen LogP contribution in [0.5, 0.6) is 0 Å². The molecule has 6 heteroatoms. The molecule has 21 heavy (non-hydrogen) atoms. The number of nitrogens with one attached hydrogen (secondary N) is 1. The standard InChI is InChI=1S/C15H17FN2O2S/c1-2-15(17)11-4-3-5-14(10-11)21(19,20)18-13-8-6-12(16)7-9-13/h3-10,15,18H,2,17H2,1H3. The van der Waals surface area contributed by atoms with E-state index in [9.17, 15) is 12.8 Å². The molecule has 0 aliphatic rings. The highest BCUT2D eigenvalue weighted by Gasteiger charge is 2.15. The van der Waals surface area contributed by atoms with Gasteiger partial charge in [0.2, 0.25) is 0 Å². The Morgan fingerprint density at radius 3 is 2.48 bits per heavy atom. The average molecular weight is 308 g/mol. The maximum Gasteiger partial charge on any atom is 0.261 e. The van der Waals surface area contributed by atoms with E-state index in [4.69, 9.17) is 5.73 Å².